The van der Waals surface area contributed by atoms with Gasteiger partial charge in [-0.15, -0.1) is 0 Å². The number of hydrogen-bond donors (Lipinski definition) is 0. The van der Waals surface area contributed by atoms with Crippen LogP contribution < -0.4 is 0 Å². The van der Waals surface area contributed by atoms with E-state index in [9.17, 15) is 8.42 Å². The molecule has 0 spiro atoms. The van der Waals surface area contributed by atoms with Crippen LogP contribution in [0.5, 0.6) is 0 Å². The fraction of sp³-hybridized carbons (Fsp3) is 0.667. The highest BCUT2D eigenvalue weighted by Crippen LogP contribution is 2.64. The summed E-state index contributed by atoms with van der Waals surface area (Å²) in [7, 11) is -3.39. The van der Waals surface area contributed by atoms with Crippen molar-refractivity contribution in [1.82, 2.24) is 9.97 Å². The topological polar surface area (TPSA) is 59.9 Å². The average Bonchev–Trinajstić information content (AvgIpc) is 2.75. The van der Waals surface area contributed by atoms with Gasteiger partial charge in [0.05, 0.1) is 5.69 Å². The first-order chi connectivity index (χ1) is 8.36. The van der Waals surface area contributed by atoms with Gasteiger partial charge in [-0.2, -0.15) is 0 Å². The van der Waals surface area contributed by atoms with Crippen molar-refractivity contribution in [2.45, 2.75) is 30.8 Å². The smallest absolute Gasteiger partial charge is 0.223 e. The number of halogens is 1. The van der Waals surface area contributed by atoms with Crippen molar-refractivity contribution in [3.05, 3.63) is 16.9 Å². The highest BCUT2D eigenvalue weighted by atomic mass is 35.5. The average molecular weight is 287 g/mol. The van der Waals surface area contributed by atoms with Crippen LogP contribution in [0.4, 0.5) is 0 Å². The summed E-state index contributed by atoms with van der Waals surface area (Å²) in [6.45, 7) is 2.26. The van der Waals surface area contributed by atoms with Gasteiger partial charge in [0, 0.05) is 12.2 Å². The molecule has 18 heavy (non-hydrogen) atoms. The second kappa shape index (κ2) is 3.90. The second-order valence-electron chi connectivity index (χ2n) is 5.60. The van der Waals surface area contributed by atoms with Crippen molar-refractivity contribution in [2.75, 3.05) is 6.26 Å². The van der Waals surface area contributed by atoms with Crippen LogP contribution in [0.3, 0.4) is 0 Å². The summed E-state index contributed by atoms with van der Waals surface area (Å²) in [4.78, 5) is 7.98. The van der Waals surface area contributed by atoms with E-state index >= 15 is 0 Å². The standard InChI is InChI=1S/C12H15ClN2O2S/c1-6-3-7-8(4-6)11(7)9-5-10(13)15-12(14-9)18(2,16)17/h5-8,11H,3-4H2,1-2H3/t6?,7-,8+,11+. The lowest BCUT2D eigenvalue weighted by molar-refractivity contribution is 0.508. The molecule has 0 amide bonds. The van der Waals surface area contributed by atoms with Crippen molar-refractivity contribution in [3.8, 4) is 0 Å². The molecule has 4 atom stereocenters. The molecular formula is C12H15ClN2O2S. The first-order valence-corrected chi connectivity index (χ1v) is 8.37. The van der Waals surface area contributed by atoms with Gasteiger partial charge in [0.2, 0.25) is 15.0 Å². The summed E-state index contributed by atoms with van der Waals surface area (Å²) >= 11 is 5.90. The summed E-state index contributed by atoms with van der Waals surface area (Å²) in [5.41, 5.74) is 0.803. The molecule has 0 bridgehead atoms. The largest absolute Gasteiger partial charge is 0.248 e. The zero-order chi connectivity index (χ0) is 13.1. The van der Waals surface area contributed by atoms with Crippen LogP contribution in [0.1, 0.15) is 31.4 Å². The summed E-state index contributed by atoms with van der Waals surface area (Å²) in [6.07, 6.45) is 3.54. The Kier molecular flexibility index (Phi) is 2.68. The Morgan fingerprint density at radius 3 is 2.44 bits per heavy atom. The number of sulfone groups is 1. The van der Waals surface area contributed by atoms with Gasteiger partial charge in [0.25, 0.3) is 0 Å². The Balaban J connectivity index is 1.93. The van der Waals surface area contributed by atoms with E-state index in [-0.39, 0.29) is 10.3 Å². The lowest BCUT2D eigenvalue weighted by atomic mass is 10.0. The fourth-order valence-corrected chi connectivity index (χ4v) is 4.08. The van der Waals surface area contributed by atoms with Gasteiger partial charge in [-0.25, -0.2) is 18.4 Å². The SMILES string of the molecule is CC1C[C@@H]2[C@H](C1)[C@H]2c1cc(Cl)nc(S(C)(=O)=O)n1. The number of aromatic nitrogens is 2. The Morgan fingerprint density at radius 1 is 1.28 bits per heavy atom. The van der Waals surface area contributed by atoms with E-state index in [0.29, 0.717) is 17.8 Å². The van der Waals surface area contributed by atoms with E-state index in [1.807, 2.05) is 0 Å². The van der Waals surface area contributed by atoms with Gasteiger partial charge in [-0.1, -0.05) is 18.5 Å². The molecule has 2 saturated carbocycles. The fourth-order valence-electron chi connectivity index (χ4n) is 3.30. The number of nitrogens with zero attached hydrogens (tertiary/aromatic N) is 2. The number of rotatable bonds is 2. The predicted molar refractivity (Wildman–Crippen MR) is 68.3 cm³/mol. The maximum atomic E-state index is 11.5. The molecule has 0 N–H and O–H groups in total. The highest BCUT2D eigenvalue weighted by Gasteiger charge is 2.56. The molecular weight excluding hydrogens is 272 g/mol. The molecule has 0 aliphatic heterocycles. The lowest BCUT2D eigenvalue weighted by Crippen LogP contribution is -2.07. The third-order valence-corrected chi connectivity index (χ3v) is 5.09. The number of hydrogen-bond acceptors (Lipinski definition) is 4. The molecule has 6 heteroatoms. The highest BCUT2D eigenvalue weighted by molar-refractivity contribution is 7.90. The summed E-state index contributed by atoms with van der Waals surface area (Å²) in [5, 5.41) is 0.0708. The molecule has 2 fully saturated rings. The molecule has 4 nitrogen and oxygen atoms in total. The van der Waals surface area contributed by atoms with Crippen molar-refractivity contribution < 1.29 is 8.42 Å². The Bertz CT molecular complexity index is 590. The first-order valence-electron chi connectivity index (χ1n) is 6.11. The molecule has 0 aromatic carbocycles. The molecule has 0 radical (unpaired) electrons. The van der Waals surface area contributed by atoms with Crippen molar-refractivity contribution in [3.63, 3.8) is 0 Å². The van der Waals surface area contributed by atoms with Crippen LogP contribution in [0.25, 0.3) is 0 Å². The minimum atomic E-state index is -3.39. The first kappa shape index (κ1) is 12.4. The van der Waals surface area contributed by atoms with E-state index < -0.39 is 9.84 Å². The van der Waals surface area contributed by atoms with Gasteiger partial charge < -0.3 is 0 Å². The zero-order valence-electron chi connectivity index (χ0n) is 10.3. The Hall–Kier alpha value is -0.680. The van der Waals surface area contributed by atoms with Gasteiger partial charge in [-0.05, 0) is 36.7 Å². The Labute approximate surface area is 112 Å². The van der Waals surface area contributed by atoms with Gasteiger partial charge >= 0.3 is 0 Å². The summed E-state index contributed by atoms with van der Waals surface area (Å²) in [6, 6.07) is 1.71. The zero-order valence-corrected chi connectivity index (χ0v) is 11.9. The quantitative estimate of drug-likeness (QED) is 0.618. The molecule has 98 valence electrons. The molecule has 2 aliphatic carbocycles. The molecule has 1 heterocycles. The van der Waals surface area contributed by atoms with Crippen LogP contribution in [0.2, 0.25) is 5.15 Å². The van der Waals surface area contributed by atoms with Gasteiger partial charge in [0.1, 0.15) is 5.15 Å². The van der Waals surface area contributed by atoms with Crippen molar-refractivity contribution in [1.29, 1.82) is 0 Å². The molecule has 3 rings (SSSR count). The molecule has 2 aliphatic rings. The number of fused-ring (bicyclic) bond motifs is 1. The minimum absolute atomic E-state index is 0.150. The van der Waals surface area contributed by atoms with Crippen LogP contribution in [-0.4, -0.2) is 24.6 Å². The van der Waals surface area contributed by atoms with E-state index in [1.54, 1.807) is 6.07 Å². The maximum absolute atomic E-state index is 11.5. The maximum Gasteiger partial charge on any atom is 0.248 e. The van der Waals surface area contributed by atoms with Crippen LogP contribution >= 0.6 is 11.6 Å². The molecule has 1 aromatic heterocycles. The van der Waals surface area contributed by atoms with E-state index in [1.165, 1.54) is 12.8 Å². The van der Waals surface area contributed by atoms with Crippen LogP contribution in [0, 0.1) is 17.8 Å². The van der Waals surface area contributed by atoms with Gasteiger partial charge in [-0.3, -0.25) is 0 Å². The Morgan fingerprint density at radius 2 is 1.89 bits per heavy atom. The monoisotopic (exact) mass is 286 g/mol. The van der Waals surface area contributed by atoms with E-state index in [0.717, 1.165) is 17.9 Å². The minimum Gasteiger partial charge on any atom is -0.223 e. The van der Waals surface area contributed by atoms with Crippen molar-refractivity contribution >= 4 is 21.4 Å². The van der Waals surface area contributed by atoms with Gasteiger partial charge in [0.15, 0.2) is 0 Å². The van der Waals surface area contributed by atoms with Crippen LogP contribution in [-0.2, 0) is 9.84 Å². The molecule has 0 saturated heterocycles. The second-order valence-corrected chi connectivity index (χ2v) is 7.90. The van der Waals surface area contributed by atoms with Crippen molar-refractivity contribution in [2.24, 2.45) is 17.8 Å². The third-order valence-electron chi connectivity index (χ3n) is 4.05. The molecule has 1 aromatic rings. The normalized spacial score (nSPS) is 34.4. The predicted octanol–water partition coefficient (Wildman–Crippen LogP) is 2.29. The van der Waals surface area contributed by atoms with E-state index in [2.05, 4.69) is 16.9 Å². The van der Waals surface area contributed by atoms with Crippen LogP contribution in [0.15, 0.2) is 11.2 Å². The molecule has 1 unspecified atom stereocenters. The summed E-state index contributed by atoms with van der Waals surface area (Å²) < 4.78 is 23.0. The summed E-state index contributed by atoms with van der Waals surface area (Å²) in [5.74, 6) is 2.50. The lowest BCUT2D eigenvalue weighted by Gasteiger charge is -2.09. The third kappa shape index (κ3) is 2.03. The van der Waals surface area contributed by atoms with E-state index in [4.69, 9.17) is 11.6 Å².